The minimum Gasteiger partial charge on any atom is -0.486 e. The number of H-pyrrole nitrogens is 1. The van der Waals surface area contributed by atoms with Gasteiger partial charge in [0.1, 0.15) is 13.2 Å². The second kappa shape index (κ2) is 7.90. The van der Waals surface area contributed by atoms with Crippen LogP contribution in [-0.4, -0.2) is 44.6 Å². The van der Waals surface area contributed by atoms with Crippen molar-refractivity contribution in [3.05, 3.63) is 48.7 Å². The molecule has 1 aliphatic carbocycles. The van der Waals surface area contributed by atoms with Crippen molar-refractivity contribution in [2.75, 3.05) is 24.3 Å². The summed E-state index contributed by atoms with van der Waals surface area (Å²) in [5, 5.41) is 13.7. The second-order valence-electron chi connectivity index (χ2n) is 7.85. The molecule has 1 aliphatic heterocycles. The van der Waals surface area contributed by atoms with Gasteiger partial charge in [-0.3, -0.25) is 9.36 Å². The van der Waals surface area contributed by atoms with Gasteiger partial charge in [-0.15, -0.1) is 10.2 Å². The smallest absolute Gasteiger partial charge is 0.234 e. The highest BCUT2D eigenvalue weighted by molar-refractivity contribution is 7.99. The molecule has 2 aliphatic rings. The van der Waals surface area contributed by atoms with Crippen LogP contribution in [0.3, 0.4) is 0 Å². The fourth-order valence-corrected chi connectivity index (χ4v) is 4.73. The molecule has 2 N–H and O–H groups in total. The van der Waals surface area contributed by atoms with Crippen LogP contribution in [0.2, 0.25) is 0 Å². The summed E-state index contributed by atoms with van der Waals surface area (Å²) in [6.07, 6.45) is 4.19. The largest absolute Gasteiger partial charge is 0.486 e. The Morgan fingerprint density at radius 3 is 2.84 bits per heavy atom. The summed E-state index contributed by atoms with van der Waals surface area (Å²) in [7, 11) is 0. The average Bonchev–Trinajstić information content (AvgIpc) is 3.43. The van der Waals surface area contributed by atoms with Crippen LogP contribution in [0, 0.1) is 0 Å². The Morgan fingerprint density at radius 2 is 1.97 bits per heavy atom. The number of amides is 1. The van der Waals surface area contributed by atoms with Crippen LogP contribution in [-0.2, 0) is 4.79 Å². The maximum Gasteiger partial charge on any atom is 0.234 e. The number of aromatic amines is 1. The van der Waals surface area contributed by atoms with Gasteiger partial charge in [-0.05, 0) is 31.0 Å². The molecule has 6 rings (SSSR count). The lowest BCUT2D eigenvalue weighted by Gasteiger charge is -2.19. The Bertz CT molecular complexity index is 1310. The van der Waals surface area contributed by atoms with E-state index < -0.39 is 0 Å². The van der Waals surface area contributed by atoms with E-state index in [0.29, 0.717) is 36.4 Å². The molecule has 0 saturated heterocycles. The van der Waals surface area contributed by atoms with Crippen molar-refractivity contribution in [2.24, 2.45) is 0 Å². The number of rotatable bonds is 6. The monoisotopic (exact) mass is 447 g/mol. The van der Waals surface area contributed by atoms with Gasteiger partial charge in [-0.2, -0.15) is 0 Å². The molecule has 4 aromatic rings. The fourth-order valence-electron chi connectivity index (χ4n) is 3.93. The van der Waals surface area contributed by atoms with Crippen molar-refractivity contribution in [3.8, 4) is 22.9 Å². The Morgan fingerprint density at radius 1 is 1.12 bits per heavy atom. The van der Waals surface area contributed by atoms with Gasteiger partial charge in [0.25, 0.3) is 0 Å². The predicted molar refractivity (Wildman–Crippen MR) is 122 cm³/mol. The lowest BCUT2D eigenvalue weighted by atomic mass is 10.1. The summed E-state index contributed by atoms with van der Waals surface area (Å²) >= 11 is 1.41. The van der Waals surface area contributed by atoms with Gasteiger partial charge in [0.05, 0.1) is 5.75 Å². The summed E-state index contributed by atoms with van der Waals surface area (Å²) in [5.74, 6) is 2.34. The van der Waals surface area contributed by atoms with Gasteiger partial charge >= 0.3 is 0 Å². The van der Waals surface area contributed by atoms with Crippen LogP contribution in [0.25, 0.3) is 22.3 Å². The standard InChI is InChI=1S/C23H21N5O3S/c29-21(25-14-5-8-19-20(11-14)31-10-9-30-19)13-32-23-27-26-22(28(23)15-6-7-15)17-12-24-18-4-2-1-3-16(17)18/h1-5,8,11-12,15,24H,6-7,9-10,13H2,(H,25,29). The molecular weight excluding hydrogens is 426 g/mol. The van der Waals surface area contributed by atoms with Crippen LogP contribution in [0.5, 0.6) is 11.5 Å². The lowest BCUT2D eigenvalue weighted by molar-refractivity contribution is -0.113. The quantitative estimate of drug-likeness (QED) is 0.429. The normalized spacial score (nSPS) is 15.1. The molecule has 0 bridgehead atoms. The number of nitrogens with one attached hydrogen (secondary N) is 2. The number of ether oxygens (including phenoxy) is 2. The first kappa shape index (κ1) is 19.2. The third-order valence-corrected chi connectivity index (χ3v) is 6.51. The number of benzene rings is 2. The van der Waals surface area contributed by atoms with Gasteiger partial charge in [0.15, 0.2) is 22.5 Å². The van der Waals surface area contributed by atoms with Crippen LogP contribution in [0.4, 0.5) is 5.69 Å². The topological polar surface area (TPSA) is 94.1 Å². The van der Waals surface area contributed by atoms with E-state index in [1.165, 1.54) is 11.8 Å². The Kier molecular flexibility index (Phi) is 4.75. The molecule has 0 radical (unpaired) electrons. The van der Waals surface area contributed by atoms with E-state index >= 15 is 0 Å². The molecular formula is C23H21N5O3S. The third-order valence-electron chi connectivity index (χ3n) is 5.57. The minimum absolute atomic E-state index is 0.106. The zero-order valence-corrected chi connectivity index (χ0v) is 18.0. The first-order chi connectivity index (χ1) is 15.8. The number of carbonyl (C=O) groups is 1. The number of carbonyl (C=O) groups excluding carboxylic acids is 1. The van der Waals surface area contributed by atoms with Crippen LogP contribution in [0.1, 0.15) is 18.9 Å². The highest BCUT2D eigenvalue weighted by atomic mass is 32.2. The summed E-state index contributed by atoms with van der Waals surface area (Å²) in [5.41, 5.74) is 2.79. The summed E-state index contributed by atoms with van der Waals surface area (Å²) < 4.78 is 13.3. The zero-order chi connectivity index (χ0) is 21.5. The van der Waals surface area contributed by atoms with Crippen molar-refractivity contribution in [1.29, 1.82) is 0 Å². The molecule has 1 amide bonds. The number of para-hydroxylation sites is 1. The summed E-state index contributed by atoms with van der Waals surface area (Å²) in [6.45, 7) is 1.05. The van der Waals surface area contributed by atoms with Gasteiger partial charge in [0.2, 0.25) is 5.91 Å². The van der Waals surface area contributed by atoms with Crippen LogP contribution >= 0.6 is 11.8 Å². The maximum atomic E-state index is 12.6. The molecule has 162 valence electrons. The van der Waals surface area contributed by atoms with E-state index in [0.717, 1.165) is 40.3 Å². The van der Waals surface area contributed by atoms with Crippen molar-refractivity contribution in [3.63, 3.8) is 0 Å². The average molecular weight is 448 g/mol. The van der Waals surface area contributed by atoms with E-state index in [-0.39, 0.29) is 11.7 Å². The molecule has 8 nitrogen and oxygen atoms in total. The molecule has 0 spiro atoms. The van der Waals surface area contributed by atoms with E-state index in [2.05, 4.69) is 37.2 Å². The first-order valence-electron chi connectivity index (χ1n) is 10.6. The molecule has 0 unspecified atom stereocenters. The lowest BCUT2D eigenvalue weighted by Crippen LogP contribution is -2.17. The molecule has 32 heavy (non-hydrogen) atoms. The van der Waals surface area contributed by atoms with E-state index in [1.807, 2.05) is 30.5 Å². The van der Waals surface area contributed by atoms with Crippen molar-refractivity contribution in [2.45, 2.75) is 24.0 Å². The SMILES string of the molecule is O=C(CSc1nnc(-c2c[nH]c3ccccc23)n1C1CC1)Nc1ccc2c(c1)OCCO2. The van der Waals surface area contributed by atoms with Crippen LogP contribution in [0.15, 0.2) is 53.8 Å². The minimum atomic E-state index is -0.106. The number of hydrogen-bond acceptors (Lipinski definition) is 6. The predicted octanol–water partition coefficient (Wildman–Crippen LogP) is 4.26. The molecule has 9 heteroatoms. The maximum absolute atomic E-state index is 12.6. The van der Waals surface area contributed by atoms with Crippen LogP contribution < -0.4 is 14.8 Å². The van der Waals surface area contributed by atoms with E-state index in [4.69, 9.17) is 9.47 Å². The number of thioether (sulfide) groups is 1. The Balaban J connectivity index is 1.19. The summed E-state index contributed by atoms with van der Waals surface area (Å²) in [4.78, 5) is 15.9. The summed E-state index contributed by atoms with van der Waals surface area (Å²) in [6, 6.07) is 14.0. The Labute approximate surface area is 188 Å². The highest BCUT2D eigenvalue weighted by Gasteiger charge is 2.31. The Hall–Kier alpha value is -3.46. The van der Waals surface area contributed by atoms with Crippen molar-refractivity contribution >= 4 is 34.3 Å². The van der Waals surface area contributed by atoms with E-state index in [9.17, 15) is 4.79 Å². The zero-order valence-electron chi connectivity index (χ0n) is 17.2. The van der Waals surface area contributed by atoms with Crippen molar-refractivity contribution in [1.82, 2.24) is 19.7 Å². The van der Waals surface area contributed by atoms with E-state index in [1.54, 1.807) is 6.07 Å². The fraction of sp³-hybridized carbons (Fsp3) is 0.261. The number of nitrogens with zero attached hydrogens (tertiary/aromatic N) is 3. The number of aromatic nitrogens is 4. The molecule has 2 aromatic heterocycles. The third kappa shape index (κ3) is 3.58. The van der Waals surface area contributed by atoms with Crippen molar-refractivity contribution < 1.29 is 14.3 Å². The first-order valence-corrected chi connectivity index (χ1v) is 11.6. The number of fused-ring (bicyclic) bond motifs is 2. The van der Waals surface area contributed by atoms with Gasteiger partial charge in [-0.1, -0.05) is 30.0 Å². The van der Waals surface area contributed by atoms with Gasteiger partial charge in [0, 0.05) is 40.5 Å². The molecule has 1 fully saturated rings. The molecule has 0 atom stereocenters. The molecule has 1 saturated carbocycles. The van der Waals surface area contributed by atoms with Gasteiger partial charge in [-0.25, -0.2) is 0 Å². The highest BCUT2D eigenvalue weighted by Crippen LogP contribution is 2.42. The molecule has 3 heterocycles. The number of anilines is 1. The second-order valence-corrected chi connectivity index (χ2v) is 8.79. The molecule has 2 aromatic carbocycles. The number of hydrogen-bond donors (Lipinski definition) is 2. The van der Waals surface area contributed by atoms with Gasteiger partial charge < -0.3 is 19.8 Å².